The molecule has 2 heterocycles. The van der Waals surface area contributed by atoms with E-state index in [0.717, 1.165) is 28.7 Å². The van der Waals surface area contributed by atoms with Crippen LogP contribution in [0.1, 0.15) is 46.6 Å². The van der Waals surface area contributed by atoms with E-state index in [1.54, 1.807) is 30.0 Å². The van der Waals surface area contributed by atoms with Gasteiger partial charge in [0.05, 0.1) is 22.8 Å². The van der Waals surface area contributed by atoms with Gasteiger partial charge in [-0.15, -0.1) is 0 Å². The average molecular weight is 538 g/mol. The van der Waals surface area contributed by atoms with Gasteiger partial charge in [-0.25, -0.2) is 9.79 Å². The number of amides is 1. The zero-order valence-corrected chi connectivity index (χ0v) is 23.4. The van der Waals surface area contributed by atoms with Crippen LogP contribution in [0.15, 0.2) is 82.7 Å². The van der Waals surface area contributed by atoms with Crippen LogP contribution in [0.5, 0.6) is 0 Å². The molecule has 5 rings (SSSR count). The molecule has 0 unspecified atom stereocenters. The number of rotatable bonds is 7. The zero-order valence-electron chi connectivity index (χ0n) is 22.6. The van der Waals surface area contributed by atoms with Crippen LogP contribution < -0.4 is 0 Å². The van der Waals surface area contributed by atoms with E-state index in [2.05, 4.69) is 54.8 Å². The summed E-state index contributed by atoms with van der Waals surface area (Å²) in [5.41, 5.74) is 6.77. The molecule has 1 amide bonds. The molecule has 198 valence electrons. The van der Waals surface area contributed by atoms with E-state index in [-0.39, 0.29) is 11.9 Å². The number of ether oxygens (including phenoxy) is 1. The lowest BCUT2D eigenvalue weighted by atomic mass is 10.1. The molecule has 0 N–H and O–H groups in total. The monoisotopic (exact) mass is 537 g/mol. The minimum Gasteiger partial charge on any atom is -0.462 e. The second-order valence-corrected chi connectivity index (χ2v) is 10.4. The van der Waals surface area contributed by atoms with Gasteiger partial charge in [-0.1, -0.05) is 54.1 Å². The fraction of sp³-hybridized carbons (Fsp3) is 0.219. The third-order valence-corrected chi connectivity index (χ3v) is 7.81. The number of nitrogens with zero attached hydrogens (tertiary/aromatic N) is 3. The van der Waals surface area contributed by atoms with Crippen molar-refractivity contribution in [3.8, 4) is 0 Å². The lowest BCUT2D eigenvalue weighted by Crippen LogP contribution is -2.28. The largest absolute Gasteiger partial charge is 0.462 e. The van der Waals surface area contributed by atoms with Crippen LogP contribution in [-0.4, -0.2) is 39.7 Å². The van der Waals surface area contributed by atoms with Crippen molar-refractivity contribution in [1.82, 2.24) is 9.47 Å². The number of thioether (sulfide) groups is 1. The molecule has 1 aliphatic heterocycles. The van der Waals surface area contributed by atoms with E-state index in [0.29, 0.717) is 34.5 Å². The molecule has 0 aliphatic carbocycles. The molecule has 0 bridgehead atoms. The Morgan fingerprint density at radius 1 is 1.00 bits per heavy atom. The summed E-state index contributed by atoms with van der Waals surface area (Å²) in [5, 5.41) is 1.70. The summed E-state index contributed by atoms with van der Waals surface area (Å²) >= 11 is 1.36. The second kappa shape index (κ2) is 11.3. The molecule has 1 aliphatic rings. The molecule has 0 spiro atoms. The van der Waals surface area contributed by atoms with Crippen molar-refractivity contribution in [2.45, 2.75) is 34.2 Å². The standard InChI is InChI=1S/C32H31N3O3S/c1-5-34-30(36)29(39-32(34)33-25-11-9-10-24(18-25)31(37)38-6-2)19-27-22(4)35(28-13-8-7-12-26(27)28)20-23-16-14-21(3)15-17-23/h7-19H,5-6,20H2,1-4H3. The molecule has 3 aromatic carbocycles. The Kier molecular flexibility index (Phi) is 7.70. The van der Waals surface area contributed by atoms with Crippen molar-refractivity contribution < 1.29 is 14.3 Å². The van der Waals surface area contributed by atoms with Gasteiger partial charge in [-0.2, -0.15) is 0 Å². The lowest BCUT2D eigenvalue weighted by molar-refractivity contribution is -0.122. The summed E-state index contributed by atoms with van der Waals surface area (Å²) in [4.78, 5) is 32.7. The molecule has 1 fully saturated rings. The average Bonchev–Trinajstić information content (AvgIpc) is 3.38. The maximum Gasteiger partial charge on any atom is 0.338 e. The number of hydrogen-bond donors (Lipinski definition) is 0. The maximum atomic E-state index is 13.5. The number of fused-ring (bicyclic) bond motifs is 1. The molecule has 0 atom stereocenters. The summed E-state index contributed by atoms with van der Waals surface area (Å²) in [6.07, 6.45) is 2.00. The third kappa shape index (κ3) is 5.40. The van der Waals surface area contributed by atoms with Crippen LogP contribution in [0.25, 0.3) is 17.0 Å². The van der Waals surface area contributed by atoms with E-state index >= 15 is 0 Å². The molecule has 4 aromatic rings. The van der Waals surface area contributed by atoms with Gasteiger partial charge >= 0.3 is 5.97 Å². The van der Waals surface area contributed by atoms with Gasteiger partial charge in [0.2, 0.25) is 0 Å². The number of likely N-dealkylation sites (N-methyl/N-ethyl adjacent to an activating group) is 1. The van der Waals surface area contributed by atoms with Gasteiger partial charge in [0.15, 0.2) is 5.17 Å². The van der Waals surface area contributed by atoms with Crippen LogP contribution in [0.2, 0.25) is 0 Å². The first-order valence-corrected chi connectivity index (χ1v) is 13.9. The van der Waals surface area contributed by atoms with E-state index in [1.807, 2.05) is 31.2 Å². The van der Waals surface area contributed by atoms with Crippen molar-refractivity contribution in [2.75, 3.05) is 13.2 Å². The van der Waals surface area contributed by atoms with Gasteiger partial charge in [0.1, 0.15) is 0 Å². The van der Waals surface area contributed by atoms with Gasteiger partial charge < -0.3 is 9.30 Å². The van der Waals surface area contributed by atoms with Gasteiger partial charge in [0.25, 0.3) is 5.91 Å². The van der Waals surface area contributed by atoms with Gasteiger partial charge in [-0.3, -0.25) is 9.69 Å². The summed E-state index contributed by atoms with van der Waals surface area (Å²) in [5.74, 6) is -0.460. The molecule has 7 heteroatoms. The van der Waals surface area contributed by atoms with Crippen molar-refractivity contribution in [3.63, 3.8) is 0 Å². The fourth-order valence-corrected chi connectivity index (χ4v) is 5.79. The van der Waals surface area contributed by atoms with Gasteiger partial charge in [0, 0.05) is 35.2 Å². The molecular weight excluding hydrogens is 506 g/mol. The minimum absolute atomic E-state index is 0.0717. The molecule has 0 radical (unpaired) electrons. The number of aliphatic imine (C=N–C) groups is 1. The smallest absolute Gasteiger partial charge is 0.338 e. The molecule has 0 saturated carbocycles. The number of carbonyl (C=O) groups excluding carboxylic acids is 2. The number of carbonyl (C=O) groups is 2. The zero-order chi connectivity index (χ0) is 27.5. The first kappa shape index (κ1) is 26.5. The fourth-order valence-electron chi connectivity index (χ4n) is 4.75. The van der Waals surface area contributed by atoms with Gasteiger partial charge in [-0.05, 0) is 75.4 Å². The first-order chi connectivity index (χ1) is 18.9. The minimum atomic E-state index is -0.389. The van der Waals surface area contributed by atoms with Crippen LogP contribution in [0, 0.1) is 13.8 Å². The highest BCUT2D eigenvalue weighted by molar-refractivity contribution is 8.18. The molecular formula is C32H31N3O3S. The second-order valence-electron chi connectivity index (χ2n) is 9.41. The Bertz CT molecular complexity index is 1620. The summed E-state index contributed by atoms with van der Waals surface area (Å²) in [6, 6.07) is 23.9. The van der Waals surface area contributed by atoms with E-state index in [1.165, 1.54) is 22.9 Å². The number of aryl methyl sites for hydroxylation is 1. The van der Waals surface area contributed by atoms with Crippen LogP contribution >= 0.6 is 11.8 Å². The highest BCUT2D eigenvalue weighted by Crippen LogP contribution is 2.37. The predicted octanol–water partition coefficient (Wildman–Crippen LogP) is 7.11. The summed E-state index contributed by atoms with van der Waals surface area (Å²) in [6.45, 7) is 9.46. The highest BCUT2D eigenvalue weighted by Gasteiger charge is 2.33. The number of hydrogen-bond acceptors (Lipinski definition) is 5. The SMILES string of the molecule is CCOC(=O)c1cccc(N=C2SC(=Cc3c(C)n(Cc4ccc(C)cc4)c4ccccc34)C(=O)N2CC)c1. The molecule has 1 saturated heterocycles. The molecule has 1 aromatic heterocycles. The Labute approximate surface area is 233 Å². The normalized spacial score (nSPS) is 15.6. The number of benzene rings is 3. The number of aromatic nitrogens is 1. The van der Waals surface area contributed by atoms with Crippen LogP contribution in [-0.2, 0) is 16.1 Å². The molecule has 6 nitrogen and oxygen atoms in total. The summed E-state index contributed by atoms with van der Waals surface area (Å²) in [7, 11) is 0. The summed E-state index contributed by atoms with van der Waals surface area (Å²) < 4.78 is 7.43. The topological polar surface area (TPSA) is 63.9 Å². The van der Waals surface area contributed by atoms with Crippen LogP contribution in [0.4, 0.5) is 5.69 Å². The quantitative estimate of drug-likeness (QED) is 0.186. The highest BCUT2D eigenvalue weighted by atomic mass is 32.2. The van der Waals surface area contributed by atoms with Crippen molar-refractivity contribution in [2.24, 2.45) is 4.99 Å². The lowest BCUT2D eigenvalue weighted by Gasteiger charge is -2.12. The third-order valence-electron chi connectivity index (χ3n) is 6.80. The number of amidine groups is 1. The van der Waals surface area contributed by atoms with Crippen LogP contribution in [0.3, 0.4) is 0 Å². The van der Waals surface area contributed by atoms with E-state index in [9.17, 15) is 9.59 Å². The van der Waals surface area contributed by atoms with Crippen molar-refractivity contribution >= 4 is 51.5 Å². The van der Waals surface area contributed by atoms with Crippen molar-refractivity contribution in [3.05, 3.63) is 106 Å². The predicted molar refractivity (Wildman–Crippen MR) is 159 cm³/mol. The van der Waals surface area contributed by atoms with Crippen molar-refractivity contribution in [1.29, 1.82) is 0 Å². The Morgan fingerprint density at radius 2 is 1.77 bits per heavy atom. The Balaban J connectivity index is 1.51. The number of esters is 1. The van der Waals surface area contributed by atoms with E-state index in [4.69, 9.17) is 9.73 Å². The Morgan fingerprint density at radius 3 is 2.51 bits per heavy atom. The molecule has 39 heavy (non-hydrogen) atoms. The Hall–Kier alpha value is -4.10. The first-order valence-electron chi connectivity index (χ1n) is 13.1. The maximum absolute atomic E-state index is 13.5. The number of para-hydroxylation sites is 1. The van der Waals surface area contributed by atoms with E-state index < -0.39 is 0 Å².